The lowest BCUT2D eigenvalue weighted by molar-refractivity contribution is 0.0940. The predicted molar refractivity (Wildman–Crippen MR) is 109 cm³/mol. The van der Waals surface area contributed by atoms with Crippen molar-refractivity contribution in [2.45, 2.75) is 26.8 Å². The van der Waals surface area contributed by atoms with Crippen LogP contribution in [0.25, 0.3) is 0 Å². The third-order valence-corrected chi connectivity index (χ3v) is 6.38. The van der Waals surface area contributed by atoms with Gasteiger partial charge in [-0.05, 0) is 56.2 Å². The Morgan fingerprint density at radius 1 is 1.00 bits per heavy atom. The molecule has 27 heavy (non-hydrogen) atoms. The van der Waals surface area contributed by atoms with E-state index in [-0.39, 0.29) is 11.9 Å². The lowest BCUT2D eigenvalue weighted by atomic mass is 9.99. The molecule has 2 aromatic carbocycles. The molecule has 1 N–H and O–H groups in total. The fraction of sp³-hybridized carbons (Fsp3) is 0.350. The van der Waals surface area contributed by atoms with E-state index in [4.69, 9.17) is 0 Å². The summed E-state index contributed by atoms with van der Waals surface area (Å²) in [6.45, 7) is 5.99. The summed E-state index contributed by atoms with van der Waals surface area (Å²) in [6, 6.07) is 12.5. The van der Waals surface area contributed by atoms with Crippen molar-refractivity contribution < 1.29 is 13.2 Å². The third-order valence-electron chi connectivity index (χ3n) is 4.55. The zero-order valence-corrected chi connectivity index (χ0v) is 17.5. The molecular weight excluding hydrogens is 362 g/mol. The second-order valence-electron chi connectivity index (χ2n) is 6.86. The van der Waals surface area contributed by atoms with Crippen LogP contribution in [0.2, 0.25) is 0 Å². The van der Waals surface area contributed by atoms with Gasteiger partial charge in [0.05, 0.1) is 11.7 Å². The molecule has 7 heteroatoms. The quantitative estimate of drug-likeness (QED) is 0.826. The summed E-state index contributed by atoms with van der Waals surface area (Å²) >= 11 is 0. The highest BCUT2D eigenvalue weighted by Gasteiger charge is 2.21. The van der Waals surface area contributed by atoms with E-state index in [0.717, 1.165) is 21.0 Å². The highest BCUT2D eigenvalue weighted by Crippen LogP contribution is 2.21. The van der Waals surface area contributed by atoms with Gasteiger partial charge in [-0.15, -0.1) is 0 Å². The van der Waals surface area contributed by atoms with E-state index < -0.39 is 10.2 Å². The van der Waals surface area contributed by atoms with Crippen molar-refractivity contribution in [1.29, 1.82) is 0 Å². The Bertz CT molecular complexity index is 922. The first-order valence-corrected chi connectivity index (χ1v) is 10.1. The number of aryl methyl sites for hydroxylation is 2. The number of carbonyl (C=O) groups is 1. The Labute approximate surface area is 162 Å². The fourth-order valence-corrected chi connectivity index (χ4v) is 3.66. The molecule has 0 heterocycles. The van der Waals surface area contributed by atoms with E-state index in [1.165, 1.54) is 25.4 Å². The Kier molecular flexibility index (Phi) is 6.28. The van der Waals surface area contributed by atoms with Crippen molar-refractivity contribution in [2.24, 2.45) is 0 Å². The molecule has 0 aliphatic carbocycles. The molecule has 0 saturated heterocycles. The Morgan fingerprint density at radius 2 is 1.59 bits per heavy atom. The summed E-state index contributed by atoms with van der Waals surface area (Å²) in [4.78, 5) is 12.6. The van der Waals surface area contributed by atoms with Crippen molar-refractivity contribution in [3.8, 4) is 0 Å². The maximum atomic E-state index is 12.6. The van der Waals surface area contributed by atoms with Gasteiger partial charge in [-0.25, -0.2) is 0 Å². The minimum atomic E-state index is -3.56. The van der Waals surface area contributed by atoms with E-state index in [2.05, 4.69) is 11.4 Å². The molecule has 2 rings (SSSR count). The summed E-state index contributed by atoms with van der Waals surface area (Å²) < 4.78 is 26.7. The molecule has 0 aliphatic rings. The Morgan fingerprint density at radius 3 is 2.15 bits per heavy atom. The highest BCUT2D eigenvalue weighted by molar-refractivity contribution is 7.90. The molecule has 0 radical (unpaired) electrons. The summed E-state index contributed by atoms with van der Waals surface area (Å²) in [7, 11) is 0.867. The number of nitrogens with one attached hydrogen (secondary N) is 1. The van der Waals surface area contributed by atoms with Gasteiger partial charge in [0, 0.05) is 26.7 Å². The van der Waals surface area contributed by atoms with Gasteiger partial charge in [0.25, 0.3) is 5.91 Å². The smallest absolute Gasteiger partial charge is 0.303 e. The Hall–Kier alpha value is -2.38. The van der Waals surface area contributed by atoms with Gasteiger partial charge in [0.1, 0.15) is 0 Å². The third kappa shape index (κ3) is 4.67. The summed E-state index contributed by atoms with van der Waals surface area (Å²) in [5.74, 6) is -0.201. The van der Waals surface area contributed by atoms with Crippen LogP contribution in [0.15, 0.2) is 42.5 Å². The minimum Gasteiger partial charge on any atom is -0.346 e. The van der Waals surface area contributed by atoms with Crippen LogP contribution < -0.4 is 9.62 Å². The second kappa shape index (κ2) is 8.10. The molecule has 0 aromatic heterocycles. The average Bonchev–Trinajstić information content (AvgIpc) is 2.62. The zero-order valence-electron chi connectivity index (χ0n) is 16.6. The molecular formula is C20H27N3O3S. The van der Waals surface area contributed by atoms with E-state index in [1.807, 2.05) is 32.9 Å². The lowest BCUT2D eigenvalue weighted by Gasteiger charge is -2.23. The normalized spacial score (nSPS) is 12.7. The van der Waals surface area contributed by atoms with Gasteiger partial charge in [-0.1, -0.05) is 23.8 Å². The van der Waals surface area contributed by atoms with Crippen molar-refractivity contribution in [3.63, 3.8) is 0 Å². The molecule has 0 saturated carbocycles. The van der Waals surface area contributed by atoms with Crippen LogP contribution in [0, 0.1) is 13.8 Å². The number of carbonyl (C=O) groups excluding carboxylic acids is 1. The van der Waals surface area contributed by atoms with E-state index in [0.29, 0.717) is 11.3 Å². The molecule has 146 valence electrons. The number of hydrogen-bond acceptors (Lipinski definition) is 3. The number of rotatable bonds is 6. The summed E-state index contributed by atoms with van der Waals surface area (Å²) in [5, 5.41) is 3.00. The van der Waals surface area contributed by atoms with E-state index in [1.54, 1.807) is 24.3 Å². The van der Waals surface area contributed by atoms with Gasteiger partial charge in [-0.2, -0.15) is 12.7 Å². The first kappa shape index (κ1) is 20.9. The number of benzene rings is 2. The fourth-order valence-electron chi connectivity index (χ4n) is 2.79. The topological polar surface area (TPSA) is 69.7 Å². The number of nitrogens with zero attached hydrogens (tertiary/aromatic N) is 2. The van der Waals surface area contributed by atoms with Gasteiger partial charge < -0.3 is 5.32 Å². The average molecular weight is 390 g/mol. The molecule has 1 unspecified atom stereocenters. The molecule has 0 fully saturated rings. The number of amides is 1. The summed E-state index contributed by atoms with van der Waals surface area (Å²) in [6.07, 6.45) is 0. The van der Waals surface area contributed by atoms with Crippen molar-refractivity contribution in [1.82, 2.24) is 9.62 Å². The molecule has 6 nitrogen and oxygen atoms in total. The second-order valence-corrected chi connectivity index (χ2v) is 9.03. The number of hydrogen-bond donors (Lipinski definition) is 1. The Balaban J connectivity index is 2.15. The lowest BCUT2D eigenvalue weighted by Crippen LogP contribution is -2.37. The monoisotopic (exact) mass is 389 g/mol. The first-order chi connectivity index (χ1) is 12.5. The maximum absolute atomic E-state index is 12.6. The molecule has 0 bridgehead atoms. The molecule has 2 aromatic rings. The molecule has 0 aliphatic heterocycles. The van der Waals surface area contributed by atoms with Crippen LogP contribution in [-0.2, 0) is 10.2 Å². The SMILES string of the molecule is Cc1ccc(C)c(C(C)NC(=O)c2ccc(N(C)S(=O)(=O)N(C)C)cc2)c1. The predicted octanol–water partition coefficient (Wildman–Crippen LogP) is 3.04. The minimum absolute atomic E-state index is 0.131. The standard InChI is InChI=1S/C20H27N3O3S/c1-14-7-8-15(2)19(13-14)16(3)21-20(24)17-9-11-18(12-10-17)23(6)27(25,26)22(4)5/h7-13,16H,1-6H3,(H,21,24). The zero-order chi connectivity index (χ0) is 20.4. The van der Waals surface area contributed by atoms with Crippen LogP contribution >= 0.6 is 0 Å². The van der Waals surface area contributed by atoms with Crippen LogP contribution in [0.4, 0.5) is 5.69 Å². The van der Waals surface area contributed by atoms with Crippen LogP contribution in [0.3, 0.4) is 0 Å². The van der Waals surface area contributed by atoms with E-state index >= 15 is 0 Å². The van der Waals surface area contributed by atoms with Crippen LogP contribution in [-0.4, -0.2) is 39.8 Å². The molecule has 1 amide bonds. The van der Waals surface area contributed by atoms with Gasteiger partial charge >= 0.3 is 10.2 Å². The maximum Gasteiger partial charge on any atom is 0.303 e. The van der Waals surface area contributed by atoms with Crippen LogP contribution in [0.1, 0.15) is 40.0 Å². The first-order valence-electron chi connectivity index (χ1n) is 8.68. The van der Waals surface area contributed by atoms with Gasteiger partial charge in [-0.3, -0.25) is 9.10 Å². The largest absolute Gasteiger partial charge is 0.346 e. The van der Waals surface area contributed by atoms with Crippen molar-refractivity contribution in [2.75, 3.05) is 25.4 Å². The van der Waals surface area contributed by atoms with Crippen molar-refractivity contribution >= 4 is 21.8 Å². The van der Waals surface area contributed by atoms with Gasteiger partial charge in [0.2, 0.25) is 0 Å². The summed E-state index contributed by atoms with van der Waals surface area (Å²) in [5.41, 5.74) is 4.32. The molecule has 1 atom stereocenters. The van der Waals surface area contributed by atoms with E-state index in [9.17, 15) is 13.2 Å². The number of anilines is 1. The van der Waals surface area contributed by atoms with Crippen molar-refractivity contribution in [3.05, 3.63) is 64.7 Å². The molecule has 0 spiro atoms. The van der Waals surface area contributed by atoms with Gasteiger partial charge in [0.15, 0.2) is 0 Å². The van der Waals surface area contributed by atoms with Crippen LogP contribution in [0.5, 0.6) is 0 Å². The highest BCUT2D eigenvalue weighted by atomic mass is 32.2.